The van der Waals surface area contributed by atoms with Gasteiger partial charge in [-0.3, -0.25) is 14.5 Å². The summed E-state index contributed by atoms with van der Waals surface area (Å²) in [5.74, 6) is -0.00242. The molecule has 1 heterocycles. The fourth-order valence-corrected chi connectivity index (χ4v) is 4.67. The fraction of sp³-hybridized carbons (Fsp3) is 0.344. The second kappa shape index (κ2) is 13.9. The number of carbonyl (C=O) groups is 2. The molecule has 5 N–H and O–H groups in total. The van der Waals surface area contributed by atoms with Gasteiger partial charge in [-0.1, -0.05) is 43.3 Å². The predicted octanol–water partition coefficient (Wildman–Crippen LogP) is 4.26. The van der Waals surface area contributed by atoms with Crippen LogP contribution in [0.4, 0.5) is 11.4 Å². The Balaban J connectivity index is 0.000000194. The van der Waals surface area contributed by atoms with Crippen molar-refractivity contribution >= 4 is 29.4 Å². The number of amides is 1. The topological polar surface area (TPSA) is 117 Å². The average molecular weight is 541 g/mol. The van der Waals surface area contributed by atoms with Gasteiger partial charge in [-0.2, -0.15) is 4.99 Å². The van der Waals surface area contributed by atoms with Crippen molar-refractivity contribution in [1.29, 1.82) is 0 Å². The zero-order valence-electron chi connectivity index (χ0n) is 23.5. The molecule has 1 saturated heterocycles. The maximum Gasteiger partial charge on any atom is 0.250 e. The summed E-state index contributed by atoms with van der Waals surface area (Å²) in [5.41, 5.74) is 17.9. The monoisotopic (exact) mass is 540 g/mol. The molecular formula is C32H40N6O2. The number of aliphatic imine (C=N–C) groups is 1. The van der Waals surface area contributed by atoms with Crippen LogP contribution in [-0.2, 0) is 11.3 Å². The molecule has 1 aliphatic carbocycles. The molecule has 0 unspecified atom stereocenters. The number of benzene rings is 3. The number of likely N-dealkylation sites (N-methyl/N-ethyl adjacent to an activating group) is 1. The van der Waals surface area contributed by atoms with Crippen LogP contribution in [0.25, 0.3) is 11.1 Å². The van der Waals surface area contributed by atoms with Crippen molar-refractivity contribution < 1.29 is 9.59 Å². The smallest absolute Gasteiger partial charge is 0.250 e. The Morgan fingerprint density at radius 2 is 1.65 bits per heavy atom. The van der Waals surface area contributed by atoms with Gasteiger partial charge in [0.05, 0.1) is 0 Å². The van der Waals surface area contributed by atoms with E-state index in [1.807, 2.05) is 25.2 Å². The van der Waals surface area contributed by atoms with Crippen LogP contribution >= 0.6 is 0 Å². The van der Waals surface area contributed by atoms with Crippen LogP contribution in [0.1, 0.15) is 41.3 Å². The molecule has 0 spiro atoms. The summed E-state index contributed by atoms with van der Waals surface area (Å²) in [5, 5.41) is 3.15. The number of hydrogen-bond acceptors (Lipinski definition) is 6. The number of aldehydes is 1. The van der Waals surface area contributed by atoms with Gasteiger partial charge >= 0.3 is 0 Å². The minimum atomic E-state index is -0.176. The van der Waals surface area contributed by atoms with Gasteiger partial charge in [0.15, 0.2) is 0 Å². The normalized spacial score (nSPS) is 16.1. The molecule has 0 radical (unpaired) electrons. The van der Waals surface area contributed by atoms with E-state index < -0.39 is 0 Å². The van der Waals surface area contributed by atoms with E-state index in [-0.39, 0.29) is 17.7 Å². The van der Waals surface area contributed by atoms with Crippen LogP contribution < -0.4 is 16.8 Å². The maximum absolute atomic E-state index is 11.7. The quantitative estimate of drug-likeness (QED) is 0.169. The minimum Gasteiger partial charge on any atom is -0.398 e. The van der Waals surface area contributed by atoms with Gasteiger partial charge < -0.3 is 21.7 Å². The largest absolute Gasteiger partial charge is 0.398 e. The molecule has 1 amide bonds. The van der Waals surface area contributed by atoms with E-state index in [2.05, 4.69) is 51.3 Å². The zero-order valence-corrected chi connectivity index (χ0v) is 23.5. The van der Waals surface area contributed by atoms with Crippen LogP contribution in [0.5, 0.6) is 0 Å². The van der Waals surface area contributed by atoms with Crippen LogP contribution in [0, 0.1) is 5.92 Å². The molecule has 210 valence electrons. The highest BCUT2D eigenvalue weighted by molar-refractivity contribution is 6.08. The van der Waals surface area contributed by atoms with Crippen molar-refractivity contribution in [2.45, 2.75) is 26.3 Å². The number of nitrogens with one attached hydrogen (secondary N) is 1. The molecule has 8 nitrogen and oxygen atoms in total. The SMILES string of the molecule is CCN1CCN(Cc2ccc(NC)cc2)CC1.NC(=NC(=O)C1CC1)c1ccc(-c2cccc(C=O)c2)cc1N. The first-order valence-corrected chi connectivity index (χ1v) is 13.9. The summed E-state index contributed by atoms with van der Waals surface area (Å²) in [6, 6.07) is 21.3. The van der Waals surface area contributed by atoms with Crippen molar-refractivity contribution in [3.63, 3.8) is 0 Å². The molecule has 3 aromatic carbocycles. The van der Waals surface area contributed by atoms with Crippen LogP contribution in [0.3, 0.4) is 0 Å². The van der Waals surface area contributed by atoms with Gasteiger partial charge in [0, 0.05) is 68.2 Å². The summed E-state index contributed by atoms with van der Waals surface area (Å²) >= 11 is 0. The number of hydrogen-bond donors (Lipinski definition) is 3. The lowest BCUT2D eigenvalue weighted by Crippen LogP contribution is -2.45. The summed E-state index contributed by atoms with van der Waals surface area (Å²) in [4.78, 5) is 31.6. The van der Waals surface area contributed by atoms with Crippen molar-refractivity contribution in [1.82, 2.24) is 9.80 Å². The van der Waals surface area contributed by atoms with E-state index in [0.29, 0.717) is 16.8 Å². The Morgan fingerprint density at radius 1 is 0.975 bits per heavy atom. The predicted molar refractivity (Wildman–Crippen MR) is 164 cm³/mol. The third-order valence-electron chi connectivity index (χ3n) is 7.40. The third kappa shape index (κ3) is 8.00. The van der Waals surface area contributed by atoms with Gasteiger partial charge in [-0.15, -0.1) is 0 Å². The maximum atomic E-state index is 11.7. The first-order valence-electron chi connectivity index (χ1n) is 13.9. The van der Waals surface area contributed by atoms with Crippen molar-refractivity contribution in [3.8, 4) is 11.1 Å². The van der Waals surface area contributed by atoms with E-state index in [1.54, 1.807) is 24.3 Å². The number of anilines is 2. The Kier molecular flexibility index (Phi) is 10.0. The molecule has 2 fully saturated rings. The highest BCUT2D eigenvalue weighted by Gasteiger charge is 2.29. The lowest BCUT2D eigenvalue weighted by molar-refractivity contribution is -0.118. The van der Waals surface area contributed by atoms with Crippen LogP contribution in [0.15, 0.2) is 71.7 Å². The van der Waals surface area contributed by atoms with Gasteiger partial charge in [0.25, 0.3) is 5.91 Å². The number of nitrogen functional groups attached to an aromatic ring is 1. The minimum absolute atomic E-state index is 0.0279. The Morgan fingerprint density at radius 3 is 2.25 bits per heavy atom. The molecule has 1 saturated carbocycles. The second-order valence-corrected chi connectivity index (χ2v) is 10.3. The summed E-state index contributed by atoms with van der Waals surface area (Å²) in [7, 11) is 1.96. The molecule has 0 bridgehead atoms. The first-order chi connectivity index (χ1) is 19.4. The number of rotatable bonds is 8. The molecule has 5 rings (SSSR count). The van der Waals surface area contributed by atoms with E-state index in [1.165, 1.54) is 44.0 Å². The van der Waals surface area contributed by atoms with E-state index in [0.717, 1.165) is 36.8 Å². The van der Waals surface area contributed by atoms with Gasteiger partial charge in [-0.05, 0) is 66.4 Å². The Bertz CT molecular complexity index is 1330. The lowest BCUT2D eigenvalue weighted by Gasteiger charge is -2.34. The molecule has 40 heavy (non-hydrogen) atoms. The summed E-state index contributed by atoms with van der Waals surface area (Å²) in [6.07, 6.45) is 2.57. The number of piperazine rings is 1. The summed E-state index contributed by atoms with van der Waals surface area (Å²) < 4.78 is 0. The average Bonchev–Trinajstić information content (AvgIpc) is 3.84. The Labute approximate surface area is 237 Å². The molecule has 2 aliphatic rings. The van der Waals surface area contributed by atoms with Gasteiger partial charge in [0.1, 0.15) is 12.1 Å². The molecule has 1 aliphatic heterocycles. The molecule has 0 aromatic heterocycles. The standard InChI is InChI=1S/C18H17N3O2.C14H23N3/c19-16-9-14(13-3-1-2-11(8-13)10-22)6-7-15(16)17(20)21-18(23)12-4-5-12;1-3-16-8-10-17(11-9-16)12-13-4-6-14(15-2)7-5-13/h1-3,6-10,12H,4-5,19H2,(H2,20,21,23);4-7,15H,3,8-12H2,1-2H3. The first kappa shape index (κ1) is 29.0. The van der Waals surface area contributed by atoms with Gasteiger partial charge in [-0.25, -0.2) is 0 Å². The lowest BCUT2D eigenvalue weighted by atomic mass is 10.0. The highest BCUT2D eigenvalue weighted by Crippen LogP contribution is 2.30. The summed E-state index contributed by atoms with van der Waals surface area (Å²) in [6.45, 7) is 9.33. The van der Waals surface area contributed by atoms with Crippen molar-refractivity contribution in [2.24, 2.45) is 16.6 Å². The number of nitrogens with zero attached hydrogens (tertiary/aromatic N) is 3. The zero-order chi connectivity index (χ0) is 28.5. The fourth-order valence-electron chi connectivity index (χ4n) is 4.67. The number of nitrogens with two attached hydrogens (primary N) is 2. The Hall–Kier alpha value is -4.01. The second-order valence-electron chi connectivity index (χ2n) is 10.3. The van der Waals surface area contributed by atoms with Crippen molar-refractivity contribution in [3.05, 3.63) is 83.4 Å². The number of amidine groups is 1. The molecule has 0 atom stereocenters. The van der Waals surface area contributed by atoms with Crippen LogP contribution in [0.2, 0.25) is 0 Å². The molecule has 8 heteroatoms. The van der Waals surface area contributed by atoms with Crippen LogP contribution in [-0.4, -0.2) is 67.6 Å². The third-order valence-corrected chi connectivity index (χ3v) is 7.40. The number of carbonyl (C=O) groups excluding carboxylic acids is 2. The molecular weight excluding hydrogens is 500 g/mol. The van der Waals surface area contributed by atoms with E-state index in [4.69, 9.17) is 11.5 Å². The highest BCUT2D eigenvalue weighted by atomic mass is 16.1. The van der Waals surface area contributed by atoms with Gasteiger partial charge in [0.2, 0.25) is 0 Å². The van der Waals surface area contributed by atoms with Crippen molar-refractivity contribution in [2.75, 3.05) is 50.8 Å². The molecule has 3 aromatic rings. The van der Waals surface area contributed by atoms with E-state index >= 15 is 0 Å². The van der Waals surface area contributed by atoms with E-state index in [9.17, 15) is 9.59 Å².